The van der Waals surface area contributed by atoms with Gasteiger partial charge >= 0.3 is 6.18 Å². The second kappa shape index (κ2) is 5.38. The maximum Gasteiger partial charge on any atom is 0.403 e. The molecular formula is C8H11ClF3NO. The van der Waals surface area contributed by atoms with E-state index >= 15 is 0 Å². The van der Waals surface area contributed by atoms with E-state index in [2.05, 4.69) is 6.58 Å². The van der Waals surface area contributed by atoms with Gasteiger partial charge in [-0.25, -0.2) is 0 Å². The van der Waals surface area contributed by atoms with Crippen molar-refractivity contribution in [2.45, 2.75) is 18.6 Å². The molecule has 14 heavy (non-hydrogen) atoms. The second-order valence-electron chi connectivity index (χ2n) is 2.68. The molecule has 1 atom stereocenters. The number of rotatable bonds is 4. The molecule has 1 unspecified atom stereocenters. The van der Waals surface area contributed by atoms with E-state index in [-0.39, 0.29) is 10.6 Å². The molecule has 0 heterocycles. The normalized spacial score (nSPS) is 15.4. The fourth-order valence-electron chi connectivity index (χ4n) is 0.664. The Hall–Kier alpha value is -0.520. The Balaban J connectivity index is 4.33. The van der Waals surface area contributed by atoms with E-state index in [4.69, 9.17) is 22.4 Å². The first-order valence-corrected chi connectivity index (χ1v) is 4.13. The minimum atomic E-state index is -4.44. The first kappa shape index (κ1) is 13.5. The molecule has 0 bridgehead atoms. The highest BCUT2D eigenvalue weighted by atomic mass is 35.5. The van der Waals surface area contributed by atoms with Crippen LogP contribution < -0.4 is 5.73 Å². The summed E-state index contributed by atoms with van der Waals surface area (Å²) in [5, 5.41) is 8.69. The predicted octanol–water partition coefficient (Wildman–Crippen LogP) is 1.94. The highest BCUT2D eigenvalue weighted by Crippen LogP contribution is 2.22. The van der Waals surface area contributed by atoms with E-state index in [0.29, 0.717) is 0 Å². The molecule has 82 valence electrons. The van der Waals surface area contributed by atoms with Gasteiger partial charge in [0.1, 0.15) is 6.04 Å². The minimum Gasteiger partial charge on any atom is -0.392 e. The van der Waals surface area contributed by atoms with E-state index < -0.39 is 25.2 Å². The van der Waals surface area contributed by atoms with Gasteiger partial charge in [0, 0.05) is 5.03 Å². The Morgan fingerprint density at radius 3 is 2.36 bits per heavy atom. The van der Waals surface area contributed by atoms with Gasteiger partial charge in [0.2, 0.25) is 0 Å². The average molecular weight is 230 g/mol. The molecule has 0 saturated carbocycles. The first-order chi connectivity index (χ1) is 6.29. The summed E-state index contributed by atoms with van der Waals surface area (Å²) in [6.45, 7) is 2.83. The van der Waals surface area contributed by atoms with Crippen LogP contribution in [0.1, 0.15) is 6.42 Å². The topological polar surface area (TPSA) is 46.2 Å². The zero-order valence-electron chi connectivity index (χ0n) is 7.31. The molecule has 0 aliphatic carbocycles. The number of nitrogens with two attached hydrogens (primary N) is 1. The molecule has 0 amide bonds. The molecule has 0 fully saturated rings. The van der Waals surface area contributed by atoms with E-state index in [1.807, 2.05) is 0 Å². The molecule has 0 saturated heterocycles. The minimum absolute atomic E-state index is 0.0156. The van der Waals surface area contributed by atoms with Crippen molar-refractivity contribution in [3.8, 4) is 0 Å². The third-order valence-corrected chi connectivity index (χ3v) is 1.80. The number of hydrogen-bond acceptors (Lipinski definition) is 2. The van der Waals surface area contributed by atoms with Gasteiger partial charge in [-0.05, 0) is 12.0 Å². The zero-order valence-corrected chi connectivity index (χ0v) is 8.07. The van der Waals surface area contributed by atoms with Crippen LogP contribution in [0.25, 0.3) is 0 Å². The molecule has 0 radical (unpaired) electrons. The van der Waals surface area contributed by atoms with Crippen molar-refractivity contribution < 1.29 is 18.3 Å². The van der Waals surface area contributed by atoms with Crippen LogP contribution >= 0.6 is 11.6 Å². The number of halogens is 4. The summed E-state index contributed by atoms with van der Waals surface area (Å²) in [7, 11) is 0. The molecular weight excluding hydrogens is 219 g/mol. The van der Waals surface area contributed by atoms with E-state index in [1.165, 1.54) is 0 Å². The quantitative estimate of drug-likeness (QED) is 0.724. The summed E-state index contributed by atoms with van der Waals surface area (Å²) in [5.74, 6) is 0. The molecule has 0 spiro atoms. The summed E-state index contributed by atoms with van der Waals surface area (Å²) in [6.07, 6.45) is -3.73. The molecule has 3 N–H and O–H groups in total. The van der Waals surface area contributed by atoms with Crippen LogP contribution in [0.4, 0.5) is 13.2 Å². The SMILES string of the molecule is C=C(Cl)/C(=C\CC(N)C(F)(F)F)CO. The van der Waals surface area contributed by atoms with E-state index in [9.17, 15) is 13.2 Å². The number of alkyl halides is 3. The van der Waals surface area contributed by atoms with Crippen molar-refractivity contribution in [1.29, 1.82) is 0 Å². The maximum atomic E-state index is 11.9. The number of hydrogen-bond donors (Lipinski definition) is 2. The van der Waals surface area contributed by atoms with Gasteiger partial charge in [-0.2, -0.15) is 13.2 Å². The molecule has 6 heteroatoms. The third kappa shape index (κ3) is 4.64. The fourth-order valence-corrected chi connectivity index (χ4v) is 0.801. The predicted molar refractivity (Wildman–Crippen MR) is 48.8 cm³/mol. The van der Waals surface area contributed by atoms with Crippen molar-refractivity contribution in [3.05, 3.63) is 23.3 Å². The standard InChI is InChI=1S/C8H11ClF3NO/c1-5(9)6(4-14)2-3-7(13)8(10,11)12/h2,7,14H,1,3-4,13H2/b6-2-. The van der Waals surface area contributed by atoms with E-state index in [1.54, 1.807) is 0 Å². The maximum absolute atomic E-state index is 11.9. The van der Waals surface area contributed by atoms with Crippen molar-refractivity contribution in [2.24, 2.45) is 5.73 Å². The molecule has 2 nitrogen and oxygen atoms in total. The monoisotopic (exact) mass is 229 g/mol. The highest BCUT2D eigenvalue weighted by Gasteiger charge is 2.35. The lowest BCUT2D eigenvalue weighted by Crippen LogP contribution is -2.36. The van der Waals surface area contributed by atoms with Crippen molar-refractivity contribution >= 4 is 11.6 Å². The van der Waals surface area contributed by atoms with Crippen LogP contribution in [0.3, 0.4) is 0 Å². The Bertz CT molecular complexity index is 237. The highest BCUT2D eigenvalue weighted by molar-refractivity contribution is 6.31. The number of aliphatic hydroxyl groups is 1. The summed E-state index contributed by atoms with van der Waals surface area (Å²) in [6, 6.07) is -1.94. The number of aliphatic hydroxyl groups excluding tert-OH is 1. The van der Waals surface area contributed by atoms with Crippen LogP contribution in [0.2, 0.25) is 0 Å². The van der Waals surface area contributed by atoms with Crippen LogP contribution in [-0.4, -0.2) is 23.9 Å². The van der Waals surface area contributed by atoms with Gasteiger partial charge < -0.3 is 10.8 Å². The van der Waals surface area contributed by atoms with Crippen molar-refractivity contribution in [2.75, 3.05) is 6.61 Å². The Morgan fingerprint density at radius 1 is 1.57 bits per heavy atom. The van der Waals surface area contributed by atoms with Gasteiger partial charge in [-0.1, -0.05) is 24.3 Å². The molecule has 0 rings (SSSR count). The third-order valence-electron chi connectivity index (χ3n) is 1.56. The van der Waals surface area contributed by atoms with Gasteiger partial charge in [-0.3, -0.25) is 0 Å². The summed E-state index contributed by atoms with van der Waals surface area (Å²) in [5.41, 5.74) is 4.99. The van der Waals surface area contributed by atoms with Crippen LogP contribution in [0.5, 0.6) is 0 Å². The van der Waals surface area contributed by atoms with Gasteiger partial charge in [0.25, 0.3) is 0 Å². The Morgan fingerprint density at radius 2 is 2.07 bits per heavy atom. The fraction of sp³-hybridized carbons (Fsp3) is 0.500. The van der Waals surface area contributed by atoms with Crippen LogP contribution in [0, 0.1) is 0 Å². The molecule has 0 aliphatic heterocycles. The summed E-state index contributed by atoms with van der Waals surface area (Å²) in [4.78, 5) is 0. The van der Waals surface area contributed by atoms with Crippen LogP contribution in [-0.2, 0) is 0 Å². The average Bonchev–Trinajstić information content (AvgIpc) is 2.02. The lowest BCUT2D eigenvalue weighted by molar-refractivity contribution is -0.146. The lowest BCUT2D eigenvalue weighted by atomic mass is 10.1. The van der Waals surface area contributed by atoms with E-state index in [0.717, 1.165) is 6.08 Å². The smallest absolute Gasteiger partial charge is 0.392 e. The largest absolute Gasteiger partial charge is 0.403 e. The molecule has 0 aromatic heterocycles. The zero-order chi connectivity index (χ0) is 11.4. The summed E-state index contributed by atoms with van der Waals surface area (Å²) >= 11 is 5.40. The second-order valence-corrected chi connectivity index (χ2v) is 3.13. The molecule has 0 aliphatic rings. The van der Waals surface area contributed by atoms with Crippen molar-refractivity contribution in [3.63, 3.8) is 0 Å². The molecule has 0 aromatic carbocycles. The van der Waals surface area contributed by atoms with Crippen molar-refractivity contribution in [1.82, 2.24) is 0 Å². The van der Waals surface area contributed by atoms with Gasteiger partial charge in [-0.15, -0.1) is 0 Å². The Labute approximate surface area is 84.8 Å². The Kier molecular flexibility index (Phi) is 5.18. The lowest BCUT2D eigenvalue weighted by Gasteiger charge is -2.13. The van der Waals surface area contributed by atoms with Crippen LogP contribution in [0.15, 0.2) is 23.3 Å². The first-order valence-electron chi connectivity index (χ1n) is 3.76. The summed E-state index contributed by atoms with van der Waals surface area (Å²) < 4.78 is 35.8. The molecule has 0 aromatic rings. The van der Waals surface area contributed by atoms with Gasteiger partial charge in [0.05, 0.1) is 6.61 Å². The van der Waals surface area contributed by atoms with Gasteiger partial charge in [0.15, 0.2) is 0 Å².